The molecule has 0 spiro atoms. The molecule has 1 N–H and O–H groups in total. The first kappa shape index (κ1) is 35.6. The summed E-state index contributed by atoms with van der Waals surface area (Å²) in [6.45, 7) is 10.9. The van der Waals surface area contributed by atoms with Crippen LogP contribution in [0.5, 0.6) is 0 Å². The highest BCUT2D eigenvalue weighted by atomic mass is 16.7. The van der Waals surface area contributed by atoms with Gasteiger partial charge < -0.3 is 24.1 Å². The molecule has 0 aromatic carbocycles. The number of hydrogen-bond donors (Lipinski definition) is 1. The Bertz CT molecular complexity index is 1270. The fraction of sp³-hybridized carbons (Fsp3) is 0.486. The second kappa shape index (κ2) is 18.8. The molecule has 45 heavy (non-hydrogen) atoms. The largest absolute Gasteiger partial charge is 0.492 e. The molecule has 0 aromatic heterocycles. The van der Waals surface area contributed by atoms with E-state index in [0.717, 1.165) is 50.4 Å². The van der Waals surface area contributed by atoms with Crippen molar-refractivity contribution in [1.82, 2.24) is 0 Å². The van der Waals surface area contributed by atoms with Gasteiger partial charge in [-0.15, -0.1) is 0 Å². The van der Waals surface area contributed by atoms with Crippen LogP contribution in [0.4, 0.5) is 0 Å². The maximum Gasteiger partial charge on any atom is 0.339 e. The SMILES string of the molecule is C=CC(=O)OC(C)OC1=CC=C(C2=CC=C(OC(=O)C3=CC=C(OC(CCCCCCC)C(O)CC(=C)C=O)CC3)CC2)CC1. The highest BCUT2D eigenvalue weighted by molar-refractivity contribution is 5.90. The van der Waals surface area contributed by atoms with E-state index < -0.39 is 24.5 Å². The molecule has 8 heteroatoms. The van der Waals surface area contributed by atoms with Crippen LogP contribution < -0.4 is 0 Å². The van der Waals surface area contributed by atoms with Gasteiger partial charge in [0.25, 0.3) is 0 Å². The molecule has 3 unspecified atom stereocenters. The van der Waals surface area contributed by atoms with Crippen LogP contribution in [-0.4, -0.2) is 41.8 Å². The number of ether oxygens (including phenoxy) is 4. The number of esters is 2. The molecule has 0 aromatic rings. The van der Waals surface area contributed by atoms with Crippen LogP contribution in [0.3, 0.4) is 0 Å². The van der Waals surface area contributed by atoms with E-state index in [0.29, 0.717) is 61.1 Å². The van der Waals surface area contributed by atoms with E-state index in [1.807, 2.05) is 24.3 Å². The Balaban J connectivity index is 1.54. The Labute approximate surface area is 267 Å². The number of hydrogen-bond acceptors (Lipinski definition) is 8. The zero-order valence-electron chi connectivity index (χ0n) is 26.8. The zero-order chi connectivity index (χ0) is 32.6. The molecule has 3 rings (SSSR count). The van der Waals surface area contributed by atoms with Gasteiger partial charge in [0, 0.05) is 44.3 Å². The quantitative estimate of drug-likeness (QED) is 0.0515. The van der Waals surface area contributed by atoms with Gasteiger partial charge in [-0.3, -0.25) is 4.79 Å². The van der Waals surface area contributed by atoms with E-state index in [2.05, 4.69) is 20.1 Å². The number of aliphatic hydroxyl groups excluding tert-OH is 1. The lowest BCUT2D eigenvalue weighted by Gasteiger charge is -2.27. The molecule has 3 atom stereocenters. The van der Waals surface area contributed by atoms with Gasteiger partial charge in [-0.25, -0.2) is 9.59 Å². The van der Waals surface area contributed by atoms with E-state index in [1.54, 1.807) is 19.1 Å². The summed E-state index contributed by atoms with van der Waals surface area (Å²) in [6, 6.07) is 0. The lowest BCUT2D eigenvalue weighted by molar-refractivity contribution is -0.162. The van der Waals surface area contributed by atoms with E-state index in [9.17, 15) is 19.5 Å². The minimum absolute atomic E-state index is 0.173. The summed E-state index contributed by atoms with van der Waals surface area (Å²) in [6.07, 6.45) is 21.4. The first-order valence-corrected chi connectivity index (χ1v) is 16.1. The molecule has 0 saturated carbocycles. The summed E-state index contributed by atoms with van der Waals surface area (Å²) in [4.78, 5) is 35.3. The summed E-state index contributed by atoms with van der Waals surface area (Å²) in [7, 11) is 0. The second-order valence-electron chi connectivity index (χ2n) is 11.6. The number of carbonyl (C=O) groups excluding carboxylic acids is 3. The van der Waals surface area contributed by atoms with Gasteiger partial charge in [0.05, 0.1) is 11.9 Å². The Morgan fingerprint density at radius 2 is 1.49 bits per heavy atom. The van der Waals surface area contributed by atoms with Crippen LogP contribution in [0, 0.1) is 0 Å². The van der Waals surface area contributed by atoms with Crippen LogP contribution in [0.25, 0.3) is 0 Å². The summed E-state index contributed by atoms with van der Waals surface area (Å²) >= 11 is 0. The minimum Gasteiger partial charge on any atom is -0.492 e. The van der Waals surface area contributed by atoms with Crippen LogP contribution in [0.15, 0.2) is 95.3 Å². The van der Waals surface area contributed by atoms with Gasteiger partial charge in [-0.1, -0.05) is 57.9 Å². The van der Waals surface area contributed by atoms with E-state index >= 15 is 0 Å². The molecule has 3 aliphatic carbocycles. The van der Waals surface area contributed by atoms with Crippen LogP contribution >= 0.6 is 0 Å². The van der Waals surface area contributed by atoms with Crippen molar-refractivity contribution in [3.8, 4) is 0 Å². The Hall–Kier alpha value is -3.91. The Morgan fingerprint density at radius 3 is 2.07 bits per heavy atom. The van der Waals surface area contributed by atoms with Gasteiger partial charge in [0.15, 0.2) is 0 Å². The summed E-state index contributed by atoms with van der Waals surface area (Å²) in [5.74, 6) is 1.21. The van der Waals surface area contributed by atoms with E-state index in [1.165, 1.54) is 17.6 Å². The first-order chi connectivity index (χ1) is 21.7. The smallest absolute Gasteiger partial charge is 0.339 e. The van der Waals surface area contributed by atoms with Crippen molar-refractivity contribution in [1.29, 1.82) is 0 Å². The lowest BCUT2D eigenvalue weighted by Crippen LogP contribution is -2.30. The zero-order valence-corrected chi connectivity index (χ0v) is 26.8. The summed E-state index contributed by atoms with van der Waals surface area (Å²) < 4.78 is 22.7. The Kier molecular flexibility index (Phi) is 14.9. The molecule has 3 aliphatic rings. The van der Waals surface area contributed by atoms with Gasteiger partial charge in [-0.05, 0) is 73.1 Å². The highest BCUT2D eigenvalue weighted by Gasteiger charge is 2.25. The monoisotopic (exact) mass is 620 g/mol. The lowest BCUT2D eigenvalue weighted by atomic mass is 9.90. The van der Waals surface area contributed by atoms with Gasteiger partial charge in [0.2, 0.25) is 6.29 Å². The number of aldehydes is 1. The molecule has 0 aliphatic heterocycles. The van der Waals surface area contributed by atoms with Crippen molar-refractivity contribution in [3.63, 3.8) is 0 Å². The minimum atomic E-state index is -0.824. The molecule has 0 bridgehead atoms. The standard InChI is InChI=1S/C37H48O8/c1-5-7-8-9-10-11-35(34(39)24-26(3)25-38)44-32-22-16-30(17-23-32)37(41)45-33-20-14-29(15-21-33)28-12-18-31(19-13-28)42-27(4)43-36(40)6-2/h6,12,14,16,18,20,22,25,27,34-35,39H,2-3,5,7-11,13,15,17,19,21,23-24H2,1,4H3. The van der Waals surface area contributed by atoms with Gasteiger partial charge >= 0.3 is 11.9 Å². The molecule has 0 fully saturated rings. The molecular weight excluding hydrogens is 572 g/mol. The normalized spacial score (nSPS) is 18.3. The predicted octanol–water partition coefficient (Wildman–Crippen LogP) is 7.69. The third kappa shape index (κ3) is 12.2. The molecule has 0 saturated heterocycles. The average molecular weight is 621 g/mol. The number of rotatable bonds is 19. The molecular formula is C37H48O8. The predicted molar refractivity (Wildman–Crippen MR) is 173 cm³/mol. The molecule has 0 amide bonds. The van der Waals surface area contributed by atoms with Crippen LogP contribution in [0.1, 0.15) is 97.3 Å². The molecule has 0 heterocycles. The second-order valence-corrected chi connectivity index (χ2v) is 11.6. The maximum atomic E-state index is 12.9. The molecule has 244 valence electrons. The third-order valence-corrected chi connectivity index (χ3v) is 7.96. The number of carbonyl (C=O) groups is 3. The first-order valence-electron chi connectivity index (χ1n) is 16.1. The van der Waals surface area contributed by atoms with E-state index in [-0.39, 0.29) is 12.4 Å². The fourth-order valence-corrected chi connectivity index (χ4v) is 5.40. The van der Waals surface area contributed by atoms with E-state index in [4.69, 9.17) is 18.9 Å². The van der Waals surface area contributed by atoms with Crippen molar-refractivity contribution < 1.29 is 38.4 Å². The number of allylic oxidation sites excluding steroid dienone is 11. The van der Waals surface area contributed by atoms with Crippen molar-refractivity contribution in [3.05, 3.63) is 95.3 Å². The van der Waals surface area contributed by atoms with Gasteiger partial charge in [-0.2, -0.15) is 0 Å². The molecule has 8 nitrogen and oxygen atoms in total. The van der Waals surface area contributed by atoms with Gasteiger partial charge in [0.1, 0.15) is 23.9 Å². The fourth-order valence-electron chi connectivity index (χ4n) is 5.40. The van der Waals surface area contributed by atoms with Crippen molar-refractivity contribution in [2.24, 2.45) is 0 Å². The highest BCUT2D eigenvalue weighted by Crippen LogP contribution is 2.32. The Morgan fingerprint density at radius 1 is 0.867 bits per heavy atom. The van der Waals surface area contributed by atoms with Crippen molar-refractivity contribution in [2.45, 2.75) is 116 Å². The summed E-state index contributed by atoms with van der Waals surface area (Å²) in [5.41, 5.74) is 3.31. The average Bonchev–Trinajstić information content (AvgIpc) is 3.04. The summed E-state index contributed by atoms with van der Waals surface area (Å²) in [5, 5.41) is 10.7. The van der Waals surface area contributed by atoms with Crippen molar-refractivity contribution >= 4 is 18.2 Å². The molecule has 0 radical (unpaired) electrons. The van der Waals surface area contributed by atoms with Crippen molar-refractivity contribution in [2.75, 3.05) is 0 Å². The van der Waals surface area contributed by atoms with Crippen LogP contribution in [0.2, 0.25) is 0 Å². The number of unbranched alkanes of at least 4 members (excludes halogenated alkanes) is 4. The van der Waals surface area contributed by atoms with Crippen LogP contribution in [-0.2, 0) is 33.3 Å². The number of aliphatic hydroxyl groups is 1. The topological polar surface area (TPSA) is 108 Å². The third-order valence-electron chi connectivity index (χ3n) is 7.96. The maximum absolute atomic E-state index is 12.9.